The van der Waals surface area contributed by atoms with Gasteiger partial charge in [0.1, 0.15) is 0 Å². The number of aromatic nitrogens is 2. The molecule has 0 saturated heterocycles. The first-order chi connectivity index (χ1) is 7.99. The summed E-state index contributed by atoms with van der Waals surface area (Å²) in [7, 11) is -3.70. The Balaban J connectivity index is 2.09. The van der Waals surface area contributed by atoms with E-state index in [2.05, 4.69) is 14.7 Å². The number of aromatic amines is 1. The van der Waals surface area contributed by atoms with E-state index in [0.29, 0.717) is 0 Å². The van der Waals surface area contributed by atoms with E-state index < -0.39 is 22.0 Å². The molecule has 0 aliphatic heterocycles. The van der Waals surface area contributed by atoms with Crippen LogP contribution in [-0.4, -0.2) is 35.5 Å². The molecule has 1 aliphatic rings. The van der Waals surface area contributed by atoms with Gasteiger partial charge < -0.3 is 10.1 Å². The summed E-state index contributed by atoms with van der Waals surface area (Å²) in [6.45, 7) is 0. The summed E-state index contributed by atoms with van der Waals surface area (Å²) in [4.78, 5) is 16.8. The molecule has 0 bridgehead atoms. The average Bonchev–Trinajstić information content (AvgIpc) is 2.90. The van der Waals surface area contributed by atoms with Gasteiger partial charge in [-0.3, -0.25) is 4.79 Å². The standard InChI is InChI=1S/C9H13N3O4S/c13-9(14)3-7(6-1-2-6)12-17(15,16)8-4-10-5-11-8/h4-7,12H,1-3H2,(H,10,11)(H,13,14). The van der Waals surface area contributed by atoms with Gasteiger partial charge in [0, 0.05) is 6.04 Å². The van der Waals surface area contributed by atoms with Crippen molar-refractivity contribution in [2.45, 2.75) is 30.3 Å². The number of H-pyrrole nitrogens is 1. The Labute approximate surface area is 98.3 Å². The highest BCUT2D eigenvalue weighted by atomic mass is 32.2. The molecule has 0 aromatic carbocycles. The lowest BCUT2D eigenvalue weighted by Gasteiger charge is -2.15. The van der Waals surface area contributed by atoms with Crippen LogP contribution in [0.5, 0.6) is 0 Å². The number of aliphatic carboxylic acids is 1. The van der Waals surface area contributed by atoms with Crippen LogP contribution in [0.15, 0.2) is 17.6 Å². The molecular weight excluding hydrogens is 246 g/mol. The Morgan fingerprint density at radius 3 is 2.82 bits per heavy atom. The Kier molecular flexibility index (Phi) is 3.16. The Hall–Kier alpha value is -1.41. The van der Waals surface area contributed by atoms with Gasteiger partial charge in [-0.2, -0.15) is 0 Å². The highest BCUT2D eigenvalue weighted by Crippen LogP contribution is 2.34. The van der Waals surface area contributed by atoms with Gasteiger partial charge in [0.15, 0.2) is 5.03 Å². The van der Waals surface area contributed by atoms with E-state index in [1.165, 1.54) is 12.5 Å². The predicted octanol–water partition coefficient (Wildman–Crippen LogP) is -0.0587. The molecule has 1 fully saturated rings. The van der Waals surface area contributed by atoms with E-state index in [1.807, 2.05) is 0 Å². The molecule has 2 rings (SSSR count). The minimum Gasteiger partial charge on any atom is -0.481 e. The molecule has 1 heterocycles. The summed E-state index contributed by atoms with van der Waals surface area (Å²) in [5.74, 6) is -0.877. The fourth-order valence-corrected chi connectivity index (χ4v) is 2.85. The summed E-state index contributed by atoms with van der Waals surface area (Å²) >= 11 is 0. The zero-order valence-corrected chi connectivity index (χ0v) is 9.77. The lowest BCUT2D eigenvalue weighted by molar-refractivity contribution is -0.137. The molecule has 7 nitrogen and oxygen atoms in total. The van der Waals surface area contributed by atoms with Crippen molar-refractivity contribution in [3.63, 3.8) is 0 Å². The van der Waals surface area contributed by atoms with E-state index in [-0.39, 0.29) is 17.4 Å². The summed E-state index contributed by atoms with van der Waals surface area (Å²) < 4.78 is 26.1. The maximum atomic E-state index is 11.8. The Morgan fingerprint density at radius 1 is 1.65 bits per heavy atom. The van der Waals surface area contributed by atoms with Gasteiger partial charge in [0.05, 0.1) is 18.9 Å². The number of hydrogen-bond donors (Lipinski definition) is 3. The molecule has 8 heteroatoms. The highest BCUT2D eigenvalue weighted by molar-refractivity contribution is 7.89. The molecular formula is C9H13N3O4S. The van der Waals surface area contributed by atoms with Crippen LogP contribution in [-0.2, 0) is 14.8 Å². The van der Waals surface area contributed by atoms with Crippen LogP contribution in [0.25, 0.3) is 0 Å². The lowest BCUT2D eigenvalue weighted by atomic mass is 10.1. The number of nitrogens with zero attached hydrogens (tertiary/aromatic N) is 1. The van der Waals surface area contributed by atoms with Crippen LogP contribution < -0.4 is 4.72 Å². The third-order valence-corrected chi connectivity index (χ3v) is 4.07. The van der Waals surface area contributed by atoms with Gasteiger partial charge in [-0.1, -0.05) is 0 Å². The largest absolute Gasteiger partial charge is 0.481 e. The van der Waals surface area contributed by atoms with Crippen molar-refractivity contribution in [3.8, 4) is 0 Å². The number of imidazole rings is 1. The molecule has 1 saturated carbocycles. The Bertz CT molecular complexity index is 492. The summed E-state index contributed by atoms with van der Waals surface area (Å²) in [6, 6.07) is -0.541. The predicted molar refractivity (Wildman–Crippen MR) is 57.7 cm³/mol. The van der Waals surface area contributed by atoms with E-state index >= 15 is 0 Å². The third-order valence-electron chi connectivity index (χ3n) is 2.65. The molecule has 94 valence electrons. The SMILES string of the molecule is O=C(O)CC(NS(=O)(=O)c1cnc[nH]1)C1CC1. The maximum Gasteiger partial charge on any atom is 0.304 e. The minimum absolute atomic E-state index is 0.0476. The van der Waals surface area contributed by atoms with E-state index in [4.69, 9.17) is 5.11 Å². The zero-order chi connectivity index (χ0) is 12.5. The van der Waals surface area contributed by atoms with Crippen LogP contribution in [0.4, 0.5) is 0 Å². The molecule has 3 N–H and O–H groups in total. The van der Waals surface area contributed by atoms with Crippen molar-refractivity contribution in [3.05, 3.63) is 12.5 Å². The molecule has 1 aliphatic carbocycles. The first-order valence-electron chi connectivity index (χ1n) is 5.21. The fraction of sp³-hybridized carbons (Fsp3) is 0.556. The molecule has 17 heavy (non-hydrogen) atoms. The quantitative estimate of drug-likeness (QED) is 0.662. The number of nitrogens with one attached hydrogen (secondary N) is 2. The molecule has 1 aromatic heterocycles. The zero-order valence-electron chi connectivity index (χ0n) is 8.96. The van der Waals surface area contributed by atoms with Gasteiger partial charge in [0.25, 0.3) is 10.0 Å². The van der Waals surface area contributed by atoms with Crippen LogP contribution in [0.2, 0.25) is 0 Å². The number of carbonyl (C=O) groups is 1. The van der Waals surface area contributed by atoms with Crippen LogP contribution in [0, 0.1) is 5.92 Å². The van der Waals surface area contributed by atoms with Crippen molar-refractivity contribution in [1.82, 2.24) is 14.7 Å². The maximum absolute atomic E-state index is 11.8. The lowest BCUT2D eigenvalue weighted by Crippen LogP contribution is -2.38. The first-order valence-corrected chi connectivity index (χ1v) is 6.70. The second kappa shape index (κ2) is 4.46. The first kappa shape index (κ1) is 12.1. The van der Waals surface area contributed by atoms with Crippen molar-refractivity contribution in [2.75, 3.05) is 0 Å². The average molecular weight is 259 g/mol. The number of sulfonamides is 1. The van der Waals surface area contributed by atoms with Gasteiger partial charge in [-0.05, 0) is 18.8 Å². The molecule has 0 radical (unpaired) electrons. The van der Waals surface area contributed by atoms with E-state index in [0.717, 1.165) is 12.8 Å². The molecule has 0 amide bonds. The van der Waals surface area contributed by atoms with E-state index in [9.17, 15) is 13.2 Å². The highest BCUT2D eigenvalue weighted by Gasteiger charge is 2.35. The second-order valence-electron chi connectivity index (χ2n) is 4.08. The van der Waals surface area contributed by atoms with Crippen molar-refractivity contribution in [1.29, 1.82) is 0 Å². The second-order valence-corrected chi connectivity index (χ2v) is 5.76. The van der Waals surface area contributed by atoms with Crippen LogP contribution in [0.1, 0.15) is 19.3 Å². The topological polar surface area (TPSA) is 112 Å². The molecule has 0 spiro atoms. The summed E-state index contributed by atoms with van der Waals surface area (Å²) in [5.41, 5.74) is 0. The summed E-state index contributed by atoms with van der Waals surface area (Å²) in [5, 5.41) is 8.69. The number of carboxylic acids is 1. The van der Waals surface area contributed by atoms with Crippen molar-refractivity contribution < 1.29 is 18.3 Å². The van der Waals surface area contributed by atoms with Crippen molar-refractivity contribution >= 4 is 16.0 Å². The normalized spacial score (nSPS) is 17.9. The van der Waals surface area contributed by atoms with Gasteiger partial charge >= 0.3 is 5.97 Å². The fourth-order valence-electron chi connectivity index (χ4n) is 1.64. The van der Waals surface area contributed by atoms with E-state index in [1.54, 1.807) is 0 Å². The minimum atomic E-state index is -3.70. The summed E-state index contributed by atoms with van der Waals surface area (Å²) in [6.07, 6.45) is 3.98. The third kappa shape index (κ3) is 3.04. The smallest absolute Gasteiger partial charge is 0.304 e. The number of carboxylic acid groups (broad SMARTS) is 1. The van der Waals surface area contributed by atoms with Gasteiger partial charge in [-0.25, -0.2) is 18.1 Å². The van der Waals surface area contributed by atoms with Crippen LogP contribution in [0.3, 0.4) is 0 Å². The number of hydrogen-bond acceptors (Lipinski definition) is 4. The molecule has 1 aromatic rings. The molecule has 1 unspecified atom stereocenters. The Morgan fingerprint density at radius 2 is 2.35 bits per heavy atom. The number of rotatable bonds is 6. The molecule has 1 atom stereocenters. The van der Waals surface area contributed by atoms with Gasteiger partial charge in [0.2, 0.25) is 0 Å². The van der Waals surface area contributed by atoms with Crippen molar-refractivity contribution in [2.24, 2.45) is 5.92 Å². The van der Waals surface area contributed by atoms with Crippen LogP contribution >= 0.6 is 0 Å². The monoisotopic (exact) mass is 259 g/mol. The van der Waals surface area contributed by atoms with Gasteiger partial charge in [-0.15, -0.1) is 0 Å².